The molecule has 10 heavy (non-hydrogen) atoms. The van der Waals surface area contributed by atoms with Crippen molar-refractivity contribution in [2.24, 2.45) is 0 Å². The molecule has 0 radical (unpaired) electrons. The van der Waals surface area contributed by atoms with Crippen molar-refractivity contribution in [1.29, 1.82) is 0 Å². The van der Waals surface area contributed by atoms with Gasteiger partial charge in [0, 0.05) is 0 Å². The van der Waals surface area contributed by atoms with E-state index in [9.17, 15) is 13.3 Å². The van der Waals surface area contributed by atoms with Gasteiger partial charge in [-0.1, -0.05) is 0 Å². The number of rotatable bonds is 4. The molecule has 1 N–H and O–H groups in total. The molecule has 62 valence electrons. The minimum absolute atomic E-state index is 0.152. The highest BCUT2D eigenvalue weighted by molar-refractivity contribution is 7.47. The Morgan fingerprint density at radius 1 is 1.70 bits per heavy atom. The van der Waals surface area contributed by atoms with E-state index in [0.29, 0.717) is 0 Å². The monoisotopic (exact) mass is 176 g/mol. The molecule has 0 aromatic carbocycles. The standard InChI is InChI=1S/C3H7F2O4P/c1-2-8-10(6,7)9-3(4)5/h3H,2H2,1H3,(H,6,7). The van der Waals surface area contributed by atoms with Gasteiger partial charge in [-0.2, -0.15) is 8.78 Å². The normalized spacial score (nSPS) is 17.3. The first-order valence-electron chi connectivity index (χ1n) is 2.42. The first-order valence-corrected chi connectivity index (χ1v) is 3.91. The molecule has 0 aromatic rings. The van der Waals surface area contributed by atoms with Gasteiger partial charge in [-0.3, -0.25) is 4.52 Å². The second-order valence-electron chi connectivity index (χ2n) is 1.25. The molecule has 0 amide bonds. The van der Waals surface area contributed by atoms with Crippen molar-refractivity contribution in [3.63, 3.8) is 0 Å². The molecule has 1 atom stereocenters. The molecule has 7 heteroatoms. The predicted octanol–water partition coefficient (Wildman–Crippen LogP) is 1.36. The molecule has 0 saturated carbocycles. The molecule has 0 fully saturated rings. The summed E-state index contributed by atoms with van der Waals surface area (Å²) in [6, 6.07) is 0. The summed E-state index contributed by atoms with van der Waals surface area (Å²) < 4.78 is 39.9. The highest BCUT2D eigenvalue weighted by Crippen LogP contribution is 2.44. The zero-order chi connectivity index (χ0) is 8.20. The number of phosphoric acid groups is 1. The van der Waals surface area contributed by atoms with Gasteiger partial charge in [-0.25, -0.2) is 9.09 Å². The van der Waals surface area contributed by atoms with Crippen LogP contribution >= 0.6 is 7.82 Å². The maximum atomic E-state index is 11.2. The second kappa shape index (κ2) is 3.98. The Hall–Kier alpha value is -0.0300. The molecular formula is C3H7F2O4P. The summed E-state index contributed by atoms with van der Waals surface area (Å²) >= 11 is 0. The lowest BCUT2D eigenvalue weighted by atomic mass is 10.9. The Labute approximate surface area is 56.4 Å². The average molecular weight is 176 g/mol. The molecule has 0 rings (SSSR count). The van der Waals surface area contributed by atoms with Crippen LogP contribution in [-0.2, 0) is 13.6 Å². The first-order chi connectivity index (χ1) is 4.48. The van der Waals surface area contributed by atoms with E-state index in [0.717, 1.165) is 0 Å². The zero-order valence-corrected chi connectivity index (χ0v) is 6.05. The minimum Gasteiger partial charge on any atom is -0.302 e. The summed E-state index contributed by atoms with van der Waals surface area (Å²) in [4.78, 5) is 8.32. The van der Waals surface area contributed by atoms with Crippen molar-refractivity contribution in [2.75, 3.05) is 6.61 Å². The quantitative estimate of drug-likeness (QED) is 0.657. The molecule has 1 unspecified atom stereocenters. The first kappa shape index (κ1) is 9.97. The second-order valence-corrected chi connectivity index (χ2v) is 2.66. The largest absolute Gasteiger partial charge is 0.476 e. The van der Waals surface area contributed by atoms with Crippen molar-refractivity contribution in [1.82, 2.24) is 0 Å². The van der Waals surface area contributed by atoms with Crippen LogP contribution < -0.4 is 0 Å². The van der Waals surface area contributed by atoms with E-state index in [-0.39, 0.29) is 6.61 Å². The van der Waals surface area contributed by atoms with Gasteiger partial charge in [0.1, 0.15) is 0 Å². The summed E-state index contributed by atoms with van der Waals surface area (Å²) in [5.41, 5.74) is 0. The van der Waals surface area contributed by atoms with E-state index in [1.54, 1.807) is 0 Å². The lowest BCUT2D eigenvalue weighted by molar-refractivity contribution is -0.0709. The number of hydrogen-bond acceptors (Lipinski definition) is 3. The van der Waals surface area contributed by atoms with Gasteiger partial charge in [0.15, 0.2) is 0 Å². The van der Waals surface area contributed by atoms with Crippen LogP contribution in [0.25, 0.3) is 0 Å². The maximum absolute atomic E-state index is 11.2. The van der Waals surface area contributed by atoms with Crippen LogP contribution in [0.1, 0.15) is 6.92 Å². The van der Waals surface area contributed by atoms with Gasteiger partial charge >= 0.3 is 14.4 Å². The van der Waals surface area contributed by atoms with Gasteiger partial charge in [-0.05, 0) is 6.92 Å². The van der Waals surface area contributed by atoms with Crippen molar-refractivity contribution in [3.8, 4) is 0 Å². The molecular weight excluding hydrogens is 169 g/mol. The van der Waals surface area contributed by atoms with Crippen molar-refractivity contribution >= 4 is 7.82 Å². The predicted molar refractivity (Wildman–Crippen MR) is 28.5 cm³/mol. The molecule has 0 aliphatic heterocycles. The molecule has 0 saturated heterocycles. The number of phosphoric ester groups is 1. The SMILES string of the molecule is CCOP(=O)(O)OC(F)F. The van der Waals surface area contributed by atoms with Gasteiger partial charge < -0.3 is 4.89 Å². The lowest BCUT2D eigenvalue weighted by Gasteiger charge is -2.08. The Morgan fingerprint density at radius 2 is 2.20 bits per heavy atom. The van der Waals surface area contributed by atoms with Crippen molar-refractivity contribution < 1.29 is 27.3 Å². The maximum Gasteiger partial charge on any atom is 0.476 e. The fraction of sp³-hybridized carbons (Fsp3) is 1.00. The highest BCUT2D eigenvalue weighted by Gasteiger charge is 2.25. The zero-order valence-electron chi connectivity index (χ0n) is 5.16. The third kappa shape index (κ3) is 4.81. The summed E-state index contributed by atoms with van der Waals surface area (Å²) in [5.74, 6) is 0. The van der Waals surface area contributed by atoms with E-state index < -0.39 is 14.4 Å². The summed E-state index contributed by atoms with van der Waals surface area (Å²) in [6.07, 6.45) is 0. The fourth-order valence-corrected chi connectivity index (χ4v) is 0.883. The lowest BCUT2D eigenvalue weighted by Crippen LogP contribution is -1.99. The van der Waals surface area contributed by atoms with Gasteiger partial charge in [0.05, 0.1) is 6.61 Å². The third-order valence-electron chi connectivity index (χ3n) is 0.505. The Bertz CT molecular complexity index is 138. The molecule has 0 spiro atoms. The smallest absolute Gasteiger partial charge is 0.302 e. The highest BCUT2D eigenvalue weighted by atomic mass is 31.2. The topological polar surface area (TPSA) is 55.8 Å². The van der Waals surface area contributed by atoms with Crippen molar-refractivity contribution in [3.05, 3.63) is 0 Å². The van der Waals surface area contributed by atoms with Gasteiger partial charge in [0.25, 0.3) is 0 Å². The van der Waals surface area contributed by atoms with Crippen LogP contribution in [0.15, 0.2) is 0 Å². The Balaban J connectivity index is 3.75. The molecule has 4 nitrogen and oxygen atoms in total. The van der Waals surface area contributed by atoms with E-state index in [2.05, 4.69) is 9.05 Å². The van der Waals surface area contributed by atoms with E-state index in [4.69, 9.17) is 4.89 Å². The number of hydrogen-bond donors (Lipinski definition) is 1. The summed E-state index contributed by atoms with van der Waals surface area (Å²) in [6.45, 7) is -2.06. The fourth-order valence-electron chi connectivity index (χ4n) is 0.294. The Kier molecular flexibility index (Phi) is 3.96. The average Bonchev–Trinajstić information content (AvgIpc) is 1.59. The van der Waals surface area contributed by atoms with Crippen LogP contribution in [0.3, 0.4) is 0 Å². The third-order valence-corrected chi connectivity index (χ3v) is 1.52. The Morgan fingerprint density at radius 3 is 2.50 bits per heavy atom. The summed E-state index contributed by atoms with van der Waals surface area (Å²) in [7, 11) is -4.50. The number of alkyl halides is 2. The van der Waals surface area contributed by atoms with E-state index in [1.807, 2.05) is 0 Å². The molecule has 0 heterocycles. The molecule has 0 aliphatic carbocycles. The van der Waals surface area contributed by atoms with Crippen LogP contribution in [0.5, 0.6) is 0 Å². The van der Waals surface area contributed by atoms with E-state index >= 15 is 0 Å². The van der Waals surface area contributed by atoms with Gasteiger partial charge in [0.2, 0.25) is 0 Å². The minimum atomic E-state index is -4.50. The van der Waals surface area contributed by atoms with Crippen LogP contribution in [-0.4, -0.2) is 18.1 Å². The summed E-state index contributed by atoms with van der Waals surface area (Å²) in [5, 5.41) is 0. The molecule has 0 aromatic heterocycles. The van der Waals surface area contributed by atoms with Crippen molar-refractivity contribution in [2.45, 2.75) is 13.5 Å². The van der Waals surface area contributed by atoms with Crippen LogP contribution in [0, 0.1) is 0 Å². The van der Waals surface area contributed by atoms with Crippen LogP contribution in [0.2, 0.25) is 0 Å². The molecule has 0 aliphatic rings. The number of halogens is 2. The molecule has 0 bridgehead atoms. The van der Waals surface area contributed by atoms with E-state index in [1.165, 1.54) is 6.92 Å². The van der Waals surface area contributed by atoms with Crippen LogP contribution in [0.4, 0.5) is 8.78 Å². The van der Waals surface area contributed by atoms with Gasteiger partial charge in [-0.15, -0.1) is 0 Å².